The normalized spacial score (nSPS) is 12.9. The lowest BCUT2D eigenvalue weighted by Gasteiger charge is -2.14. The Bertz CT molecular complexity index is 494. The second-order valence-corrected chi connectivity index (χ2v) is 5.77. The molecule has 1 unspecified atom stereocenters. The summed E-state index contributed by atoms with van der Waals surface area (Å²) in [4.78, 5) is 10.6. The van der Waals surface area contributed by atoms with E-state index in [2.05, 4.69) is 0 Å². The van der Waals surface area contributed by atoms with Gasteiger partial charge in [0.25, 0.3) is 9.05 Å². The number of hydrogen-bond donors (Lipinski definition) is 0. The van der Waals surface area contributed by atoms with E-state index < -0.39 is 21.3 Å². The van der Waals surface area contributed by atoms with E-state index in [-0.39, 0.29) is 4.90 Å². The lowest BCUT2D eigenvalue weighted by atomic mass is 10.3. The first-order chi connectivity index (χ1) is 7.79. The molecule has 0 saturated carbocycles. The van der Waals surface area contributed by atoms with Crippen LogP contribution in [0.2, 0.25) is 0 Å². The summed E-state index contributed by atoms with van der Waals surface area (Å²) in [5, 5.41) is 0. The zero-order valence-corrected chi connectivity index (χ0v) is 10.8. The molecule has 0 amide bonds. The SMILES string of the molecule is CC(=O)OC(C)Oc1ccc(S(=O)(=O)Cl)cc1. The van der Waals surface area contributed by atoms with E-state index in [0.717, 1.165) is 0 Å². The topological polar surface area (TPSA) is 69.7 Å². The molecule has 0 spiro atoms. The van der Waals surface area contributed by atoms with Crippen LogP contribution in [0.3, 0.4) is 0 Å². The van der Waals surface area contributed by atoms with E-state index in [0.29, 0.717) is 5.75 Å². The van der Waals surface area contributed by atoms with Crippen molar-refractivity contribution in [1.82, 2.24) is 0 Å². The fraction of sp³-hybridized carbons (Fsp3) is 0.300. The molecule has 0 radical (unpaired) electrons. The van der Waals surface area contributed by atoms with Gasteiger partial charge < -0.3 is 9.47 Å². The van der Waals surface area contributed by atoms with Gasteiger partial charge in [-0.15, -0.1) is 0 Å². The van der Waals surface area contributed by atoms with Gasteiger partial charge in [-0.05, 0) is 24.3 Å². The minimum absolute atomic E-state index is 0.0216. The highest BCUT2D eigenvalue weighted by Crippen LogP contribution is 2.19. The van der Waals surface area contributed by atoms with Crippen molar-refractivity contribution in [2.75, 3.05) is 0 Å². The molecule has 7 heteroatoms. The predicted molar refractivity (Wildman–Crippen MR) is 61.3 cm³/mol. The van der Waals surface area contributed by atoms with Crippen molar-refractivity contribution in [3.05, 3.63) is 24.3 Å². The Hall–Kier alpha value is -1.27. The molecule has 0 fully saturated rings. The summed E-state index contributed by atoms with van der Waals surface area (Å²) in [6, 6.07) is 5.46. The number of rotatable bonds is 4. The first-order valence-electron chi connectivity index (χ1n) is 4.67. The van der Waals surface area contributed by atoms with E-state index >= 15 is 0 Å². The maximum Gasteiger partial charge on any atom is 0.305 e. The number of hydrogen-bond acceptors (Lipinski definition) is 5. The third-order valence-corrected chi connectivity index (χ3v) is 3.11. The van der Waals surface area contributed by atoms with Gasteiger partial charge in [0.1, 0.15) is 5.75 Å². The molecule has 0 aliphatic carbocycles. The number of esters is 1. The first-order valence-corrected chi connectivity index (χ1v) is 6.98. The van der Waals surface area contributed by atoms with Crippen LogP contribution in [0.15, 0.2) is 29.2 Å². The van der Waals surface area contributed by atoms with Crippen molar-refractivity contribution in [2.24, 2.45) is 0 Å². The molecule has 5 nitrogen and oxygen atoms in total. The zero-order chi connectivity index (χ0) is 13.1. The van der Waals surface area contributed by atoms with E-state index in [1.807, 2.05) is 0 Å². The Kier molecular flexibility index (Phi) is 4.36. The monoisotopic (exact) mass is 278 g/mol. The average molecular weight is 279 g/mol. The highest BCUT2D eigenvalue weighted by molar-refractivity contribution is 8.13. The number of carbonyl (C=O) groups excluding carboxylic acids is 1. The summed E-state index contributed by atoms with van der Waals surface area (Å²) in [7, 11) is 1.41. The van der Waals surface area contributed by atoms with E-state index in [1.54, 1.807) is 6.92 Å². The third kappa shape index (κ3) is 4.62. The minimum atomic E-state index is -3.74. The molecule has 0 aliphatic rings. The van der Waals surface area contributed by atoms with Crippen LogP contribution in [-0.2, 0) is 18.6 Å². The second kappa shape index (κ2) is 5.37. The molecule has 0 N–H and O–H groups in total. The quantitative estimate of drug-likeness (QED) is 0.478. The van der Waals surface area contributed by atoms with Crippen LogP contribution < -0.4 is 4.74 Å². The summed E-state index contributed by atoms with van der Waals surface area (Å²) in [5.41, 5.74) is 0. The fourth-order valence-corrected chi connectivity index (χ4v) is 1.90. The third-order valence-electron chi connectivity index (χ3n) is 1.74. The predicted octanol–water partition coefficient (Wildman–Crippen LogP) is 1.90. The maximum atomic E-state index is 11.0. The van der Waals surface area contributed by atoms with Crippen molar-refractivity contribution in [1.29, 1.82) is 0 Å². The molecular weight excluding hydrogens is 268 g/mol. The van der Waals surface area contributed by atoms with Crippen LogP contribution >= 0.6 is 10.7 Å². The first kappa shape index (κ1) is 13.8. The Morgan fingerprint density at radius 1 is 1.29 bits per heavy atom. The van der Waals surface area contributed by atoms with E-state index in [9.17, 15) is 13.2 Å². The summed E-state index contributed by atoms with van der Waals surface area (Å²) < 4.78 is 31.9. The Morgan fingerprint density at radius 2 is 1.82 bits per heavy atom. The number of ether oxygens (including phenoxy) is 2. The molecule has 0 aliphatic heterocycles. The van der Waals surface area contributed by atoms with Gasteiger partial charge >= 0.3 is 5.97 Å². The second-order valence-electron chi connectivity index (χ2n) is 3.20. The Morgan fingerprint density at radius 3 is 2.24 bits per heavy atom. The summed E-state index contributed by atoms with van der Waals surface area (Å²) >= 11 is 0. The van der Waals surface area contributed by atoms with Gasteiger partial charge in [-0.25, -0.2) is 8.42 Å². The lowest BCUT2D eigenvalue weighted by Crippen LogP contribution is -2.18. The highest BCUT2D eigenvalue weighted by Gasteiger charge is 2.11. The van der Waals surface area contributed by atoms with Gasteiger partial charge in [-0.2, -0.15) is 0 Å². The molecule has 1 aromatic rings. The van der Waals surface area contributed by atoms with Gasteiger partial charge in [0.2, 0.25) is 6.29 Å². The molecule has 0 heterocycles. The number of benzene rings is 1. The highest BCUT2D eigenvalue weighted by atomic mass is 35.7. The van der Waals surface area contributed by atoms with Gasteiger partial charge in [-0.1, -0.05) is 0 Å². The van der Waals surface area contributed by atoms with Gasteiger partial charge in [0, 0.05) is 24.5 Å². The average Bonchev–Trinajstić information content (AvgIpc) is 2.15. The minimum Gasteiger partial charge on any atom is -0.455 e. The molecule has 0 aromatic heterocycles. The van der Waals surface area contributed by atoms with Crippen LogP contribution in [0.5, 0.6) is 5.75 Å². The van der Waals surface area contributed by atoms with Crippen LogP contribution in [0.1, 0.15) is 13.8 Å². The van der Waals surface area contributed by atoms with Crippen molar-refractivity contribution in [3.8, 4) is 5.75 Å². The fourth-order valence-electron chi connectivity index (χ4n) is 1.13. The molecule has 0 bridgehead atoms. The van der Waals surface area contributed by atoms with Gasteiger partial charge in [0.15, 0.2) is 0 Å². The van der Waals surface area contributed by atoms with Crippen LogP contribution in [0.25, 0.3) is 0 Å². The van der Waals surface area contributed by atoms with Crippen molar-refractivity contribution < 1.29 is 22.7 Å². The Labute approximate surface area is 104 Å². The molecule has 0 saturated heterocycles. The molecule has 1 atom stereocenters. The van der Waals surface area contributed by atoms with E-state index in [1.165, 1.54) is 31.2 Å². The molecule has 94 valence electrons. The van der Waals surface area contributed by atoms with E-state index in [4.69, 9.17) is 20.2 Å². The van der Waals surface area contributed by atoms with Crippen molar-refractivity contribution in [2.45, 2.75) is 25.0 Å². The van der Waals surface area contributed by atoms with Crippen molar-refractivity contribution in [3.63, 3.8) is 0 Å². The van der Waals surface area contributed by atoms with Gasteiger partial charge in [-0.3, -0.25) is 4.79 Å². The van der Waals surface area contributed by atoms with Crippen molar-refractivity contribution >= 4 is 25.7 Å². The molecular formula is C10H11ClO5S. The smallest absolute Gasteiger partial charge is 0.305 e. The lowest BCUT2D eigenvalue weighted by molar-refractivity contribution is -0.158. The standard InChI is InChI=1S/C10H11ClO5S/c1-7(12)15-8(2)16-9-3-5-10(6-4-9)17(11,13)14/h3-6,8H,1-2H3. The molecule has 1 aromatic carbocycles. The van der Waals surface area contributed by atoms with Crippen LogP contribution in [-0.4, -0.2) is 20.7 Å². The summed E-state index contributed by atoms with van der Waals surface area (Å²) in [6.07, 6.45) is -0.744. The largest absolute Gasteiger partial charge is 0.455 e. The maximum absolute atomic E-state index is 11.0. The number of halogens is 1. The molecule has 17 heavy (non-hydrogen) atoms. The van der Waals surface area contributed by atoms with Crippen LogP contribution in [0.4, 0.5) is 0 Å². The summed E-state index contributed by atoms with van der Waals surface area (Å²) in [6.45, 7) is 2.82. The molecule has 1 rings (SSSR count). The van der Waals surface area contributed by atoms with Gasteiger partial charge in [0.05, 0.1) is 4.90 Å². The van der Waals surface area contributed by atoms with Crippen LogP contribution in [0, 0.1) is 0 Å². The zero-order valence-electron chi connectivity index (χ0n) is 9.21. The number of carbonyl (C=O) groups is 1. The Balaban J connectivity index is 2.72. The summed E-state index contributed by atoms with van der Waals surface area (Å²) in [5.74, 6) is -0.0831.